The number of anilines is 1. The molecule has 0 radical (unpaired) electrons. The van der Waals surface area contributed by atoms with Crippen molar-refractivity contribution in [3.8, 4) is 0 Å². The number of carbonyl (C=O) groups is 1. The van der Waals surface area contributed by atoms with Crippen LogP contribution in [0.5, 0.6) is 0 Å². The number of rotatable bonds is 4. The third kappa shape index (κ3) is 3.30. The molecule has 3 aromatic rings. The molecule has 0 spiro atoms. The number of nitrogens with one attached hydrogen (secondary N) is 2. The first kappa shape index (κ1) is 13.8. The van der Waals surface area contributed by atoms with Gasteiger partial charge in [0.25, 0.3) is 5.91 Å². The van der Waals surface area contributed by atoms with Crippen molar-refractivity contribution in [3.63, 3.8) is 0 Å². The van der Waals surface area contributed by atoms with Gasteiger partial charge >= 0.3 is 0 Å². The molecule has 1 amide bonds. The van der Waals surface area contributed by atoms with Crippen LogP contribution in [0.1, 0.15) is 16.1 Å². The Morgan fingerprint density at radius 1 is 0.955 bits per heavy atom. The van der Waals surface area contributed by atoms with E-state index < -0.39 is 0 Å². The number of carbonyl (C=O) groups excluding carboxylic acids is 1. The van der Waals surface area contributed by atoms with Gasteiger partial charge < -0.3 is 10.3 Å². The lowest BCUT2D eigenvalue weighted by Gasteiger charge is -2.07. The van der Waals surface area contributed by atoms with Crippen molar-refractivity contribution in [1.82, 2.24) is 4.98 Å². The number of nitrogens with zero attached hydrogens (tertiary/aromatic N) is 1. The van der Waals surface area contributed by atoms with Gasteiger partial charge in [-0.25, -0.2) is 0 Å². The van der Waals surface area contributed by atoms with E-state index in [9.17, 15) is 4.79 Å². The Bertz CT molecular complexity index is 777. The minimum absolute atomic E-state index is 0.176. The standard InChI is InChI=1S/C18H15N3O/c22-18(21-14-7-2-1-3-8-14)16-10-4-5-11-17(16)20-13-15-9-6-12-19-15/h1-13,19H,(H,21,22)/b20-13+. The van der Waals surface area contributed by atoms with E-state index in [1.807, 2.05) is 66.9 Å². The molecule has 0 saturated heterocycles. The van der Waals surface area contributed by atoms with Crippen LogP contribution in [0.2, 0.25) is 0 Å². The van der Waals surface area contributed by atoms with Crippen LogP contribution in [0.4, 0.5) is 11.4 Å². The monoisotopic (exact) mass is 289 g/mol. The second kappa shape index (κ2) is 6.54. The van der Waals surface area contributed by atoms with Crippen LogP contribution < -0.4 is 5.32 Å². The number of aliphatic imine (C=N–C) groups is 1. The van der Waals surface area contributed by atoms with Gasteiger partial charge in [0.1, 0.15) is 0 Å². The highest BCUT2D eigenvalue weighted by molar-refractivity contribution is 6.08. The lowest BCUT2D eigenvalue weighted by molar-refractivity contribution is 0.102. The molecule has 0 bridgehead atoms. The molecule has 0 atom stereocenters. The fourth-order valence-electron chi connectivity index (χ4n) is 2.06. The summed E-state index contributed by atoms with van der Waals surface area (Å²) in [5, 5.41) is 2.87. The van der Waals surface area contributed by atoms with Gasteiger partial charge in [0.05, 0.1) is 23.2 Å². The first-order chi connectivity index (χ1) is 10.8. The van der Waals surface area contributed by atoms with Crippen LogP contribution in [0.3, 0.4) is 0 Å². The zero-order valence-corrected chi connectivity index (χ0v) is 11.9. The van der Waals surface area contributed by atoms with Gasteiger partial charge in [-0.05, 0) is 36.4 Å². The molecule has 0 aliphatic rings. The molecule has 4 heteroatoms. The summed E-state index contributed by atoms with van der Waals surface area (Å²) < 4.78 is 0. The molecule has 0 fully saturated rings. The second-order valence-electron chi connectivity index (χ2n) is 4.72. The number of H-pyrrole nitrogens is 1. The summed E-state index contributed by atoms with van der Waals surface area (Å²) in [6.45, 7) is 0. The van der Waals surface area contributed by atoms with Crippen molar-refractivity contribution in [3.05, 3.63) is 84.2 Å². The lowest BCUT2D eigenvalue weighted by atomic mass is 10.1. The van der Waals surface area contributed by atoms with Gasteiger partial charge in [0, 0.05) is 11.9 Å². The Hall–Kier alpha value is -3.14. The zero-order chi connectivity index (χ0) is 15.2. The summed E-state index contributed by atoms with van der Waals surface area (Å²) >= 11 is 0. The summed E-state index contributed by atoms with van der Waals surface area (Å²) in [6, 6.07) is 20.4. The molecule has 0 saturated carbocycles. The van der Waals surface area contributed by atoms with E-state index in [4.69, 9.17) is 0 Å². The maximum Gasteiger partial charge on any atom is 0.257 e. The predicted molar refractivity (Wildman–Crippen MR) is 88.9 cm³/mol. The third-order valence-corrected chi connectivity index (χ3v) is 3.15. The van der Waals surface area contributed by atoms with Gasteiger partial charge in [-0.2, -0.15) is 0 Å². The maximum atomic E-state index is 12.4. The molecule has 1 aromatic heterocycles. The van der Waals surface area contributed by atoms with Crippen molar-refractivity contribution in [2.24, 2.45) is 4.99 Å². The van der Waals surface area contributed by atoms with Crippen molar-refractivity contribution in [2.75, 3.05) is 5.32 Å². The normalized spacial score (nSPS) is 10.7. The highest BCUT2D eigenvalue weighted by atomic mass is 16.1. The van der Waals surface area contributed by atoms with Crippen molar-refractivity contribution in [1.29, 1.82) is 0 Å². The number of para-hydroxylation sites is 2. The van der Waals surface area contributed by atoms with E-state index in [1.165, 1.54) is 0 Å². The summed E-state index contributed by atoms with van der Waals surface area (Å²) in [4.78, 5) is 19.8. The molecule has 2 N–H and O–H groups in total. The molecule has 0 unspecified atom stereocenters. The van der Waals surface area contributed by atoms with Gasteiger partial charge in [-0.3, -0.25) is 9.79 Å². The number of amides is 1. The molecule has 108 valence electrons. The summed E-state index contributed by atoms with van der Waals surface area (Å²) in [5.41, 5.74) is 2.81. The number of hydrogen-bond acceptors (Lipinski definition) is 2. The van der Waals surface area contributed by atoms with Crippen molar-refractivity contribution in [2.45, 2.75) is 0 Å². The summed E-state index contributed by atoms with van der Waals surface area (Å²) in [6.07, 6.45) is 3.53. The Balaban J connectivity index is 1.83. The van der Waals surface area contributed by atoms with E-state index >= 15 is 0 Å². The number of aromatic amines is 1. The molecule has 2 aromatic carbocycles. The lowest BCUT2D eigenvalue weighted by Crippen LogP contribution is -2.11. The second-order valence-corrected chi connectivity index (χ2v) is 4.72. The zero-order valence-electron chi connectivity index (χ0n) is 11.9. The minimum Gasteiger partial charge on any atom is -0.360 e. The van der Waals surface area contributed by atoms with E-state index in [0.717, 1.165) is 11.4 Å². The maximum absolute atomic E-state index is 12.4. The van der Waals surface area contributed by atoms with E-state index in [1.54, 1.807) is 12.3 Å². The Morgan fingerprint density at radius 3 is 2.50 bits per heavy atom. The molecule has 22 heavy (non-hydrogen) atoms. The van der Waals surface area contributed by atoms with Gasteiger partial charge in [0.15, 0.2) is 0 Å². The van der Waals surface area contributed by atoms with Crippen LogP contribution >= 0.6 is 0 Å². The van der Waals surface area contributed by atoms with Crippen molar-refractivity contribution >= 4 is 23.5 Å². The van der Waals surface area contributed by atoms with E-state index in [0.29, 0.717) is 11.3 Å². The van der Waals surface area contributed by atoms with Crippen LogP contribution in [-0.2, 0) is 0 Å². The SMILES string of the molecule is O=C(Nc1ccccc1)c1ccccc1/N=C/c1ccc[nH]1. The smallest absolute Gasteiger partial charge is 0.257 e. The Labute approximate surface area is 128 Å². The predicted octanol–water partition coefficient (Wildman–Crippen LogP) is 4.02. The topological polar surface area (TPSA) is 57.2 Å². The quantitative estimate of drug-likeness (QED) is 0.700. The average molecular weight is 289 g/mol. The Kier molecular flexibility index (Phi) is 4.11. The fraction of sp³-hybridized carbons (Fsp3) is 0. The van der Waals surface area contributed by atoms with Crippen LogP contribution in [-0.4, -0.2) is 17.1 Å². The molecule has 1 heterocycles. The number of hydrogen-bond donors (Lipinski definition) is 2. The highest BCUT2D eigenvalue weighted by Crippen LogP contribution is 2.20. The number of aromatic nitrogens is 1. The number of benzene rings is 2. The van der Waals surface area contributed by atoms with Crippen LogP contribution in [0.15, 0.2) is 77.9 Å². The van der Waals surface area contributed by atoms with E-state index in [-0.39, 0.29) is 5.91 Å². The average Bonchev–Trinajstić information content (AvgIpc) is 3.07. The van der Waals surface area contributed by atoms with Gasteiger partial charge in [-0.1, -0.05) is 30.3 Å². The molecule has 0 aliphatic carbocycles. The van der Waals surface area contributed by atoms with Crippen LogP contribution in [0, 0.1) is 0 Å². The summed E-state index contributed by atoms with van der Waals surface area (Å²) in [7, 11) is 0. The molecular weight excluding hydrogens is 274 g/mol. The summed E-state index contributed by atoms with van der Waals surface area (Å²) in [5.74, 6) is -0.176. The van der Waals surface area contributed by atoms with Crippen molar-refractivity contribution < 1.29 is 4.79 Å². The largest absolute Gasteiger partial charge is 0.360 e. The van der Waals surface area contributed by atoms with E-state index in [2.05, 4.69) is 15.3 Å². The Morgan fingerprint density at radius 2 is 1.73 bits per heavy atom. The fourth-order valence-corrected chi connectivity index (χ4v) is 2.06. The molecule has 4 nitrogen and oxygen atoms in total. The molecule has 3 rings (SSSR count). The molecular formula is C18H15N3O. The first-order valence-corrected chi connectivity index (χ1v) is 6.96. The van der Waals surface area contributed by atoms with Gasteiger partial charge in [0.2, 0.25) is 0 Å². The third-order valence-electron chi connectivity index (χ3n) is 3.15. The van der Waals surface area contributed by atoms with Crippen LogP contribution in [0.25, 0.3) is 0 Å². The molecule has 0 aliphatic heterocycles. The minimum atomic E-state index is -0.176. The highest BCUT2D eigenvalue weighted by Gasteiger charge is 2.10. The first-order valence-electron chi connectivity index (χ1n) is 6.96. The van der Waals surface area contributed by atoms with Gasteiger partial charge in [-0.15, -0.1) is 0 Å².